The van der Waals surface area contributed by atoms with Gasteiger partial charge in [-0.25, -0.2) is 8.42 Å². The molecule has 7 heteroatoms. The molecule has 0 aromatic heterocycles. The molecule has 3 fully saturated rings. The van der Waals surface area contributed by atoms with Gasteiger partial charge in [0.1, 0.15) is 0 Å². The molecule has 3 aliphatic heterocycles. The number of aryl methyl sites for hydroxylation is 1. The Balaban J connectivity index is 1.58. The van der Waals surface area contributed by atoms with Gasteiger partial charge >= 0.3 is 0 Å². The fraction of sp³-hybridized carbons (Fsp3) is 0.591. The molecule has 156 valence electrons. The number of hydrogen-bond donors (Lipinski definition) is 1. The minimum atomic E-state index is -3.75. The molecule has 5 atom stereocenters. The van der Waals surface area contributed by atoms with Crippen LogP contribution in [0.2, 0.25) is 0 Å². The van der Waals surface area contributed by atoms with E-state index in [0.717, 1.165) is 43.2 Å². The highest BCUT2D eigenvalue weighted by Gasteiger charge is 2.57. The summed E-state index contributed by atoms with van der Waals surface area (Å²) in [6, 6.07) is 6.34. The van der Waals surface area contributed by atoms with Crippen molar-refractivity contribution in [1.82, 2.24) is 9.21 Å². The number of carbonyl (C=O) groups is 1. The van der Waals surface area contributed by atoms with Crippen LogP contribution in [0, 0.1) is 18.8 Å². The second kappa shape index (κ2) is 6.93. The number of sulfonamides is 1. The zero-order valence-electron chi connectivity index (χ0n) is 16.7. The van der Waals surface area contributed by atoms with Crippen molar-refractivity contribution < 1.29 is 18.3 Å². The summed E-state index contributed by atoms with van der Waals surface area (Å²) in [5, 5.41) is 11.1. The third-order valence-electron chi connectivity index (χ3n) is 7.23. The monoisotopic (exact) mass is 416 g/mol. The number of benzene rings is 1. The topological polar surface area (TPSA) is 77.9 Å². The van der Waals surface area contributed by atoms with Crippen molar-refractivity contribution in [2.75, 3.05) is 13.1 Å². The summed E-state index contributed by atoms with van der Waals surface area (Å²) < 4.78 is 28.5. The Bertz CT molecular complexity index is 956. The van der Waals surface area contributed by atoms with E-state index < -0.39 is 28.1 Å². The fourth-order valence-corrected chi connectivity index (χ4v) is 7.52. The first-order valence-electron chi connectivity index (χ1n) is 10.7. The van der Waals surface area contributed by atoms with Gasteiger partial charge in [-0.15, -0.1) is 0 Å². The van der Waals surface area contributed by atoms with E-state index in [9.17, 15) is 18.3 Å². The van der Waals surface area contributed by atoms with Crippen molar-refractivity contribution in [3.05, 3.63) is 41.5 Å². The molecule has 1 amide bonds. The van der Waals surface area contributed by atoms with Gasteiger partial charge in [-0.3, -0.25) is 4.79 Å². The molecule has 1 N–H and O–H groups in total. The number of aliphatic hydroxyl groups is 1. The molecule has 0 spiro atoms. The maximum Gasteiger partial charge on any atom is 0.243 e. The van der Waals surface area contributed by atoms with Gasteiger partial charge in [-0.05, 0) is 51.2 Å². The van der Waals surface area contributed by atoms with E-state index in [0.29, 0.717) is 13.1 Å². The van der Waals surface area contributed by atoms with Crippen molar-refractivity contribution in [3.8, 4) is 0 Å². The number of amides is 1. The lowest BCUT2D eigenvalue weighted by Crippen LogP contribution is -2.67. The Morgan fingerprint density at radius 2 is 1.83 bits per heavy atom. The number of carbonyl (C=O) groups excluding carboxylic acids is 1. The molecular formula is C22H28N2O4S. The summed E-state index contributed by atoms with van der Waals surface area (Å²) in [4.78, 5) is 15.6. The summed E-state index contributed by atoms with van der Waals surface area (Å²) in [6.45, 7) is 3.01. The van der Waals surface area contributed by atoms with Gasteiger partial charge in [0.05, 0.1) is 23.0 Å². The Hall–Kier alpha value is -1.70. The Labute approximate surface area is 172 Å². The molecule has 4 aliphatic rings. The van der Waals surface area contributed by atoms with Gasteiger partial charge in [-0.2, -0.15) is 4.31 Å². The number of hydrogen-bond acceptors (Lipinski definition) is 4. The van der Waals surface area contributed by atoms with Crippen LogP contribution in [-0.4, -0.2) is 59.9 Å². The molecule has 29 heavy (non-hydrogen) atoms. The minimum Gasteiger partial charge on any atom is -0.392 e. The standard InChI is InChI=1S/C22H28N2O4S/c1-14-7-9-16(10-8-14)29(27,28)24-12-4-5-15-13-17-18-6-2-3-11-23(18)22(26)19(20(15)24)21(17)25/h7-10,13,17-21,25H,2-6,11-12H2,1H3/t17-,18-,19-,20-,21-/m1/s1. The third kappa shape index (κ3) is 2.89. The lowest BCUT2D eigenvalue weighted by atomic mass is 9.66. The Morgan fingerprint density at radius 1 is 1.07 bits per heavy atom. The molecule has 6 nitrogen and oxygen atoms in total. The molecule has 3 saturated heterocycles. The highest BCUT2D eigenvalue weighted by molar-refractivity contribution is 7.89. The predicted octanol–water partition coefficient (Wildman–Crippen LogP) is 2.08. The molecule has 1 aromatic carbocycles. The van der Waals surface area contributed by atoms with Gasteiger partial charge in [0, 0.05) is 25.0 Å². The molecule has 1 aliphatic carbocycles. The van der Waals surface area contributed by atoms with Crippen molar-refractivity contribution in [2.24, 2.45) is 11.8 Å². The number of nitrogens with zero attached hydrogens (tertiary/aromatic N) is 2. The normalized spacial score (nSPS) is 35.0. The maximum absolute atomic E-state index is 13.5. The van der Waals surface area contributed by atoms with Crippen molar-refractivity contribution in [1.29, 1.82) is 0 Å². The second-order valence-corrected chi connectivity index (χ2v) is 10.8. The van der Waals surface area contributed by atoms with E-state index in [-0.39, 0.29) is 22.8 Å². The smallest absolute Gasteiger partial charge is 0.243 e. The summed E-state index contributed by atoms with van der Waals surface area (Å²) in [7, 11) is -3.75. The predicted molar refractivity (Wildman–Crippen MR) is 109 cm³/mol. The van der Waals surface area contributed by atoms with Crippen molar-refractivity contribution >= 4 is 15.9 Å². The Morgan fingerprint density at radius 3 is 2.59 bits per heavy atom. The van der Waals surface area contributed by atoms with Crippen LogP contribution in [0.1, 0.15) is 37.7 Å². The molecular weight excluding hydrogens is 388 g/mol. The van der Waals surface area contributed by atoms with Gasteiger partial charge in [-0.1, -0.05) is 29.3 Å². The van der Waals surface area contributed by atoms with Gasteiger partial charge in [0.2, 0.25) is 15.9 Å². The molecule has 0 radical (unpaired) electrons. The first-order valence-corrected chi connectivity index (χ1v) is 12.1. The van der Waals surface area contributed by atoms with Crippen LogP contribution in [-0.2, 0) is 14.8 Å². The SMILES string of the molecule is Cc1ccc(S(=O)(=O)N2CCCC3=C[C@H]4[C@@H](O)[C@H](C(=O)N5CCCC[C@H]45)[C@@H]32)cc1. The van der Waals surface area contributed by atoms with Crippen LogP contribution in [0.4, 0.5) is 0 Å². The van der Waals surface area contributed by atoms with Gasteiger partial charge in [0.15, 0.2) is 0 Å². The zero-order valence-corrected chi connectivity index (χ0v) is 17.5. The van der Waals surface area contributed by atoms with Gasteiger partial charge in [0.25, 0.3) is 0 Å². The van der Waals surface area contributed by atoms with Crippen LogP contribution in [0.5, 0.6) is 0 Å². The minimum absolute atomic E-state index is 0.0556. The van der Waals surface area contributed by atoms with E-state index in [1.807, 2.05) is 11.8 Å². The van der Waals surface area contributed by atoms with Crippen LogP contribution < -0.4 is 0 Å². The van der Waals surface area contributed by atoms with Crippen LogP contribution >= 0.6 is 0 Å². The van der Waals surface area contributed by atoms with E-state index in [4.69, 9.17) is 0 Å². The average molecular weight is 417 g/mol. The van der Waals surface area contributed by atoms with Crippen molar-refractivity contribution in [2.45, 2.75) is 62.1 Å². The summed E-state index contributed by atoms with van der Waals surface area (Å²) in [6.07, 6.45) is 5.80. The van der Waals surface area contributed by atoms with E-state index >= 15 is 0 Å². The fourth-order valence-electron chi connectivity index (χ4n) is 5.83. The van der Waals surface area contributed by atoms with Crippen molar-refractivity contribution in [3.63, 3.8) is 0 Å². The second-order valence-electron chi connectivity index (χ2n) is 8.91. The number of fused-ring (bicyclic) bond motifs is 6. The maximum atomic E-state index is 13.5. The zero-order chi connectivity index (χ0) is 20.3. The lowest BCUT2D eigenvalue weighted by molar-refractivity contribution is -0.160. The first-order chi connectivity index (χ1) is 13.9. The molecule has 0 unspecified atom stereocenters. The molecule has 5 rings (SSSR count). The van der Waals surface area contributed by atoms with E-state index in [1.54, 1.807) is 24.3 Å². The summed E-state index contributed by atoms with van der Waals surface area (Å²) >= 11 is 0. The largest absolute Gasteiger partial charge is 0.392 e. The van der Waals surface area contributed by atoms with Crippen LogP contribution in [0.25, 0.3) is 0 Å². The van der Waals surface area contributed by atoms with Crippen LogP contribution in [0.15, 0.2) is 40.8 Å². The summed E-state index contributed by atoms with van der Waals surface area (Å²) in [5.74, 6) is -0.846. The highest BCUT2D eigenvalue weighted by Crippen LogP contribution is 2.47. The number of aliphatic hydroxyl groups excluding tert-OH is 1. The average Bonchev–Trinajstić information content (AvgIpc) is 2.72. The number of piperidine rings is 3. The third-order valence-corrected chi connectivity index (χ3v) is 9.13. The van der Waals surface area contributed by atoms with E-state index in [1.165, 1.54) is 4.31 Å². The molecule has 2 bridgehead atoms. The lowest BCUT2D eigenvalue weighted by Gasteiger charge is -2.55. The van der Waals surface area contributed by atoms with E-state index in [2.05, 4.69) is 6.08 Å². The highest BCUT2D eigenvalue weighted by atomic mass is 32.2. The molecule has 3 heterocycles. The first kappa shape index (κ1) is 19.3. The van der Waals surface area contributed by atoms with Gasteiger partial charge < -0.3 is 10.0 Å². The quantitative estimate of drug-likeness (QED) is 0.749. The van der Waals surface area contributed by atoms with Crippen LogP contribution in [0.3, 0.4) is 0 Å². The Kier molecular flexibility index (Phi) is 4.60. The summed E-state index contributed by atoms with van der Waals surface area (Å²) in [5.41, 5.74) is 2.02. The molecule has 1 aromatic rings. The number of rotatable bonds is 2. The molecule has 0 saturated carbocycles.